The standard InChI is InChI=1S/C37H48N2O5/c1-36(2,3)28-18-16-25(17-19-28)20-27(34(42)39-33-29-15-11-10-14-26(29)22-32(33)41)23-31(40)30(21-24-12-8-7-9-13-24)38-35(43)44-37(4,5)6/h7-19,27,30-33,40-41H,20-23H2,1-6H3,(H,38,43)(H,39,42)/t27-,30-,31-,32+,33-/m0/s1. The van der Waals surface area contributed by atoms with Crippen LogP contribution in [0, 0.1) is 5.92 Å². The van der Waals surface area contributed by atoms with E-state index < -0.39 is 41.9 Å². The van der Waals surface area contributed by atoms with Crippen molar-refractivity contribution in [1.29, 1.82) is 0 Å². The molecule has 0 saturated carbocycles. The first-order valence-electron chi connectivity index (χ1n) is 15.6. The summed E-state index contributed by atoms with van der Waals surface area (Å²) in [7, 11) is 0. The number of amides is 2. The van der Waals surface area contributed by atoms with E-state index in [1.807, 2.05) is 66.7 Å². The van der Waals surface area contributed by atoms with Crippen molar-refractivity contribution >= 4 is 12.0 Å². The van der Waals surface area contributed by atoms with Gasteiger partial charge in [0, 0.05) is 12.3 Å². The highest BCUT2D eigenvalue weighted by Crippen LogP contribution is 2.32. The molecule has 0 unspecified atom stereocenters. The summed E-state index contributed by atoms with van der Waals surface area (Å²) in [5, 5.41) is 28.4. The van der Waals surface area contributed by atoms with Crippen LogP contribution in [0.4, 0.5) is 4.79 Å². The van der Waals surface area contributed by atoms with E-state index in [0.717, 1.165) is 22.3 Å². The molecule has 3 aromatic rings. The van der Waals surface area contributed by atoms with E-state index in [9.17, 15) is 19.8 Å². The van der Waals surface area contributed by atoms with E-state index in [4.69, 9.17) is 4.74 Å². The van der Waals surface area contributed by atoms with Crippen molar-refractivity contribution in [3.8, 4) is 0 Å². The lowest BCUT2D eigenvalue weighted by Gasteiger charge is -2.30. The lowest BCUT2D eigenvalue weighted by molar-refractivity contribution is -0.127. The zero-order chi connectivity index (χ0) is 32.1. The molecule has 5 atom stereocenters. The van der Waals surface area contributed by atoms with Crippen LogP contribution in [0.25, 0.3) is 0 Å². The van der Waals surface area contributed by atoms with Crippen molar-refractivity contribution < 1.29 is 24.5 Å². The number of hydrogen-bond donors (Lipinski definition) is 4. The molecule has 0 heterocycles. The van der Waals surface area contributed by atoms with Crippen LogP contribution in [0.15, 0.2) is 78.9 Å². The van der Waals surface area contributed by atoms with Crippen LogP contribution in [-0.2, 0) is 34.2 Å². The second-order valence-corrected chi connectivity index (χ2v) is 14.1. The van der Waals surface area contributed by atoms with Gasteiger partial charge in [-0.05, 0) is 73.3 Å². The lowest BCUT2D eigenvalue weighted by atomic mass is 9.85. The zero-order valence-electron chi connectivity index (χ0n) is 26.8. The molecular weight excluding hydrogens is 552 g/mol. The number of carbonyl (C=O) groups excluding carboxylic acids is 2. The Bertz CT molecular complexity index is 1390. The Labute approximate surface area is 262 Å². The van der Waals surface area contributed by atoms with Gasteiger partial charge in [0.15, 0.2) is 0 Å². The molecule has 0 aromatic heterocycles. The number of aliphatic hydroxyl groups excluding tert-OH is 2. The fraction of sp³-hybridized carbons (Fsp3) is 0.459. The molecule has 4 N–H and O–H groups in total. The molecule has 1 aliphatic carbocycles. The summed E-state index contributed by atoms with van der Waals surface area (Å²) in [6.45, 7) is 11.8. The topological polar surface area (TPSA) is 108 Å². The van der Waals surface area contributed by atoms with Gasteiger partial charge >= 0.3 is 6.09 Å². The third kappa shape index (κ3) is 9.16. The summed E-state index contributed by atoms with van der Waals surface area (Å²) >= 11 is 0. The van der Waals surface area contributed by atoms with E-state index in [1.165, 1.54) is 5.56 Å². The minimum absolute atomic E-state index is 0.00447. The summed E-state index contributed by atoms with van der Waals surface area (Å²) in [6, 6.07) is 24.4. The first kappa shape index (κ1) is 33.2. The quantitative estimate of drug-likeness (QED) is 0.235. The Morgan fingerprint density at radius 1 is 0.864 bits per heavy atom. The first-order valence-corrected chi connectivity index (χ1v) is 15.6. The van der Waals surface area contributed by atoms with Crippen LogP contribution in [0.3, 0.4) is 0 Å². The van der Waals surface area contributed by atoms with Gasteiger partial charge < -0.3 is 25.6 Å². The number of benzene rings is 3. The SMILES string of the molecule is CC(C)(C)OC(=O)N[C@@H](Cc1ccccc1)[C@@H](O)C[C@H](Cc1ccc(C(C)(C)C)cc1)C(=O)N[C@H]1c2ccccc2C[C@H]1O. The first-order chi connectivity index (χ1) is 20.7. The molecule has 4 rings (SSSR count). The van der Waals surface area contributed by atoms with Crippen LogP contribution in [0.1, 0.15) is 81.8 Å². The molecule has 0 bridgehead atoms. The van der Waals surface area contributed by atoms with Crippen molar-refractivity contribution in [1.82, 2.24) is 10.6 Å². The van der Waals surface area contributed by atoms with Gasteiger partial charge in [-0.15, -0.1) is 0 Å². The van der Waals surface area contributed by atoms with E-state index >= 15 is 0 Å². The molecule has 0 fully saturated rings. The fourth-order valence-corrected chi connectivity index (χ4v) is 5.79. The summed E-state index contributed by atoms with van der Waals surface area (Å²) in [5.41, 5.74) is 4.33. The molecule has 2 amide bonds. The molecule has 1 aliphatic rings. The summed E-state index contributed by atoms with van der Waals surface area (Å²) < 4.78 is 5.51. The van der Waals surface area contributed by atoms with Crippen molar-refractivity contribution in [3.63, 3.8) is 0 Å². The van der Waals surface area contributed by atoms with E-state index in [0.29, 0.717) is 19.3 Å². The Hall–Kier alpha value is -3.68. The number of rotatable bonds is 10. The number of ether oxygens (including phenoxy) is 1. The Kier molecular flexibility index (Phi) is 10.5. The molecule has 3 aromatic carbocycles. The molecule has 7 nitrogen and oxygen atoms in total. The van der Waals surface area contributed by atoms with Gasteiger partial charge in [0.05, 0.1) is 24.3 Å². The summed E-state index contributed by atoms with van der Waals surface area (Å²) in [4.78, 5) is 26.8. The van der Waals surface area contributed by atoms with Gasteiger partial charge in [0.25, 0.3) is 0 Å². The van der Waals surface area contributed by atoms with Crippen LogP contribution < -0.4 is 10.6 Å². The number of aliphatic hydroxyl groups is 2. The van der Waals surface area contributed by atoms with Crippen LogP contribution in [-0.4, -0.2) is 46.1 Å². The maximum absolute atomic E-state index is 14.0. The Morgan fingerprint density at radius 2 is 1.48 bits per heavy atom. The van der Waals surface area contributed by atoms with Gasteiger partial charge in [-0.25, -0.2) is 4.79 Å². The predicted octanol–water partition coefficient (Wildman–Crippen LogP) is 5.80. The van der Waals surface area contributed by atoms with Crippen molar-refractivity contribution in [2.24, 2.45) is 5.92 Å². The average Bonchev–Trinajstić information content (AvgIpc) is 3.26. The van der Waals surface area contributed by atoms with Crippen LogP contribution >= 0.6 is 0 Å². The number of hydrogen-bond acceptors (Lipinski definition) is 5. The van der Waals surface area contributed by atoms with E-state index in [2.05, 4.69) is 43.5 Å². The average molecular weight is 601 g/mol. The van der Waals surface area contributed by atoms with Gasteiger partial charge in [-0.2, -0.15) is 0 Å². The summed E-state index contributed by atoms with van der Waals surface area (Å²) in [5.74, 6) is -0.871. The predicted molar refractivity (Wildman–Crippen MR) is 173 cm³/mol. The van der Waals surface area contributed by atoms with Gasteiger partial charge in [-0.3, -0.25) is 4.79 Å². The van der Waals surface area contributed by atoms with Gasteiger partial charge in [0.2, 0.25) is 5.91 Å². The van der Waals surface area contributed by atoms with Gasteiger partial charge in [-0.1, -0.05) is 99.6 Å². The molecular formula is C37H48N2O5. The maximum Gasteiger partial charge on any atom is 0.407 e. The zero-order valence-corrected chi connectivity index (χ0v) is 26.8. The molecule has 0 radical (unpaired) electrons. The molecule has 0 saturated heterocycles. The lowest BCUT2D eigenvalue weighted by Crippen LogP contribution is -2.48. The molecule has 236 valence electrons. The highest BCUT2D eigenvalue weighted by atomic mass is 16.6. The maximum atomic E-state index is 14.0. The largest absolute Gasteiger partial charge is 0.444 e. The minimum atomic E-state index is -1.05. The third-order valence-electron chi connectivity index (χ3n) is 8.17. The Balaban J connectivity index is 1.58. The summed E-state index contributed by atoms with van der Waals surface area (Å²) in [6.07, 6.45) is -1.07. The Morgan fingerprint density at radius 3 is 2.11 bits per heavy atom. The second kappa shape index (κ2) is 14.0. The number of fused-ring (bicyclic) bond motifs is 1. The third-order valence-corrected chi connectivity index (χ3v) is 8.17. The van der Waals surface area contributed by atoms with Gasteiger partial charge in [0.1, 0.15) is 5.60 Å². The molecule has 0 aliphatic heterocycles. The van der Waals surface area contributed by atoms with Crippen LogP contribution in [0.5, 0.6) is 0 Å². The van der Waals surface area contributed by atoms with Crippen molar-refractivity contribution in [3.05, 3.63) is 107 Å². The number of carbonyl (C=O) groups is 2. The number of nitrogens with one attached hydrogen (secondary N) is 2. The van der Waals surface area contributed by atoms with E-state index in [-0.39, 0.29) is 17.7 Å². The van der Waals surface area contributed by atoms with E-state index in [1.54, 1.807) is 20.8 Å². The smallest absolute Gasteiger partial charge is 0.407 e. The highest BCUT2D eigenvalue weighted by Gasteiger charge is 2.35. The molecule has 7 heteroatoms. The monoisotopic (exact) mass is 600 g/mol. The second-order valence-electron chi connectivity index (χ2n) is 14.1. The van der Waals surface area contributed by atoms with Crippen LogP contribution in [0.2, 0.25) is 0 Å². The fourth-order valence-electron chi connectivity index (χ4n) is 5.79. The number of alkyl carbamates (subject to hydrolysis) is 1. The minimum Gasteiger partial charge on any atom is -0.444 e. The van der Waals surface area contributed by atoms with Crippen molar-refractivity contribution in [2.45, 2.75) is 103 Å². The molecule has 44 heavy (non-hydrogen) atoms. The highest BCUT2D eigenvalue weighted by molar-refractivity contribution is 5.80. The normalized spacial score (nSPS) is 18.5. The molecule has 0 spiro atoms. The van der Waals surface area contributed by atoms with Crippen molar-refractivity contribution in [2.75, 3.05) is 0 Å².